The zero-order valence-corrected chi connectivity index (χ0v) is 9.68. The summed E-state index contributed by atoms with van der Waals surface area (Å²) >= 11 is 1.61. The smallest absolute Gasteiger partial charge is 0.255 e. The van der Waals surface area contributed by atoms with Gasteiger partial charge in [-0.2, -0.15) is 0 Å². The molecule has 0 aliphatic rings. The van der Waals surface area contributed by atoms with Gasteiger partial charge in [-0.15, -0.1) is 10.2 Å². The van der Waals surface area contributed by atoms with Crippen LogP contribution in [0.25, 0.3) is 5.78 Å². The number of fused-ring (bicyclic) bond motifs is 1. The van der Waals surface area contributed by atoms with Gasteiger partial charge in [0.05, 0.1) is 0 Å². The molecule has 0 atom stereocenters. The van der Waals surface area contributed by atoms with Crippen LogP contribution in [0.4, 0.5) is 0 Å². The number of hydrogen-bond donors (Lipinski definition) is 1. The second-order valence-corrected chi connectivity index (χ2v) is 4.47. The van der Waals surface area contributed by atoms with Gasteiger partial charge in [0.15, 0.2) is 5.16 Å². The Morgan fingerprint density at radius 1 is 1.40 bits per heavy atom. The summed E-state index contributed by atoms with van der Waals surface area (Å²) in [5, 5.41) is 8.79. The molecule has 1 N–H and O–H groups in total. The molecule has 5 nitrogen and oxygen atoms in total. The molecule has 2 aromatic rings. The summed E-state index contributed by atoms with van der Waals surface area (Å²) in [4.78, 5) is 14.2. The summed E-state index contributed by atoms with van der Waals surface area (Å²) in [7, 11) is 0. The minimum absolute atomic E-state index is 0.0968. The van der Waals surface area contributed by atoms with E-state index in [-0.39, 0.29) is 5.56 Å². The minimum atomic E-state index is -0.0968. The highest BCUT2D eigenvalue weighted by molar-refractivity contribution is 7.99. The van der Waals surface area contributed by atoms with Crippen molar-refractivity contribution in [3.8, 4) is 0 Å². The topological polar surface area (TPSA) is 63.0 Å². The standard InChI is InChI=1S/C9H12N4OS/c1-4-15-9-12-11-8-10-7(14)5(2)6(3)13(8)9/h4H2,1-3H3,(H,10,11,14). The van der Waals surface area contributed by atoms with Gasteiger partial charge in [0.25, 0.3) is 5.56 Å². The van der Waals surface area contributed by atoms with Crippen LogP contribution in [-0.4, -0.2) is 25.3 Å². The van der Waals surface area contributed by atoms with Crippen molar-refractivity contribution in [1.29, 1.82) is 0 Å². The molecule has 15 heavy (non-hydrogen) atoms. The van der Waals surface area contributed by atoms with Crippen LogP contribution in [0.5, 0.6) is 0 Å². The van der Waals surface area contributed by atoms with Gasteiger partial charge in [-0.1, -0.05) is 18.7 Å². The highest BCUT2D eigenvalue weighted by Crippen LogP contribution is 2.17. The molecule has 0 bridgehead atoms. The maximum absolute atomic E-state index is 11.5. The van der Waals surface area contributed by atoms with Gasteiger partial charge in [0, 0.05) is 11.3 Å². The molecule has 0 aromatic carbocycles. The monoisotopic (exact) mass is 224 g/mol. The Hall–Kier alpha value is -1.30. The van der Waals surface area contributed by atoms with Gasteiger partial charge in [-0.25, -0.2) is 0 Å². The molecule has 0 aliphatic carbocycles. The number of aryl methyl sites for hydroxylation is 1. The number of nitrogens with one attached hydrogen (secondary N) is 1. The van der Waals surface area contributed by atoms with Crippen LogP contribution in [0.1, 0.15) is 18.2 Å². The third-order valence-corrected chi connectivity index (χ3v) is 3.16. The molecule has 0 radical (unpaired) electrons. The first-order valence-corrected chi connectivity index (χ1v) is 5.71. The molecule has 0 spiro atoms. The van der Waals surface area contributed by atoms with Crippen LogP contribution in [0.3, 0.4) is 0 Å². The van der Waals surface area contributed by atoms with Crippen molar-refractivity contribution in [2.45, 2.75) is 25.9 Å². The molecular weight excluding hydrogens is 212 g/mol. The third-order valence-electron chi connectivity index (χ3n) is 2.35. The van der Waals surface area contributed by atoms with Crippen molar-refractivity contribution in [2.75, 3.05) is 5.75 Å². The lowest BCUT2D eigenvalue weighted by Gasteiger charge is -2.04. The van der Waals surface area contributed by atoms with Gasteiger partial charge < -0.3 is 0 Å². The van der Waals surface area contributed by atoms with Crippen molar-refractivity contribution in [2.24, 2.45) is 0 Å². The zero-order chi connectivity index (χ0) is 11.0. The lowest BCUT2D eigenvalue weighted by Crippen LogP contribution is -2.15. The number of thioether (sulfide) groups is 1. The molecule has 2 heterocycles. The fraction of sp³-hybridized carbons (Fsp3) is 0.444. The van der Waals surface area contributed by atoms with Crippen molar-refractivity contribution >= 4 is 17.5 Å². The zero-order valence-electron chi connectivity index (χ0n) is 8.87. The van der Waals surface area contributed by atoms with Crippen LogP contribution < -0.4 is 5.56 Å². The summed E-state index contributed by atoms with van der Waals surface area (Å²) in [6.07, 6.45) is 0. The highest BCUT2D eigenvalue weighted by Gasteiger charge is 2.11. The quantitative estimate of drug-likeness (QED) is 0.777. The van der Waals surface area contributed by atoms with Gasteiger partial charge >= 0.3 is 0 Å². The summed E-state index contributed by atoms with van der Waals surface area (Å²) in [6.45, 7) is 5.76. The Balaban J connectivity index is 2.79. The van der Waals surface area contributed by atoms with Crippen LogP contribution in [-0.2, 0) is 0 Å². The Labute approximate surface area is 90.9 Å². The van der Waals surface area contributed by atoms with E-state index in [2.05, 4.69) is 22.1 Å². The Bertz CT molecular complexity index is 557. The lowest BCUT2D eigenvalue weighted by atomic mass is 10.3. The molecule has 2 rings (SSSR count). The van der Waals surface area contributed by atoms with Gasteiger partial charge in [-0.3, -0.25) is 14.2 Å². The van der Waals surface area contributed by atoms with Gasteiger partial charge in [0.2, 0.25) is 5.78 Å². The molecule has 0 aliphatic heterocycles. The van der Waals surface area contributed by atoms with E-state index >= 15 is 0 Å². The lowest BCUT2D eigenvalue weighted by molar-refractivity contribution is 0.876. The van der Waals surface area contributed by atoms with Crippen molar-refractivity contribution in [1.82, 2.24) is 19.6 Å². The number of aromatic nitrogens is 4. The van der Waals surface area contributed by atoms with Crippen molar-refractivity contribution in [3.05, 3.63) is 21.6 Å². The first kappa shape index (κ1) is 10.2. The SMILES string of the molecule is CCSc1nnc2[nH]c(=O)c(C)c(C)n12. The third kappa shape index (κ3) is 1.54. The van der Waals surface area contributed by atoms with Crippen LogP contribution in [0, 0.1) is 13.8 Å². The molecule has 6 heteroatoms. The molecule has 0 unspecified atom stereocenters. The minimum Gasteiger partial charge on any atom is -0.290 e. The largest absolute Gasteiger partial charge is 0.290 e. The number of hydrogen-bond acceptors (Lipinski definition) is 4. The molecule has 0 saturated carbocycles. The van der Waals surface area contributed by atoms with E-state index < -0.39 is 0 Å². The molecule has 0 saturated heterocycles. The maximum Gasteiger partial charge on any atom is 0.255 e. The number of H-pyrrole nitrogens is 1. The number of aromatic amines is 1. The van der Waals surface area contributed by atoms with Crippen LogP contribution >= 0.6 is 11.8 Å². The van der Waals surface area contributed by atoms with Gasteiger partial charge in [-0.05, 0) is 19.6 Å². The van der Waals surface area contributed by atoms with E-state index in [1.807, 2.05) is 11.3 Å². The highest BCUT2D eigenvalue weighted by atomic mass is 32.2. The Kier molecular flexibility index (Phi) is 2.52. The van der Waals surface area contributed by atoms with Crippen molar-refractivity contribution in [3.63, 3.8) is 0 Å². The maximum atomic E-state index is 11.5. The molecule has 0 amide bonds. The Morgan fingerprint density at radius 3 is 2.80 bits per heavy atom. The van der Waals surface area contributed by atoms with E-state index in [1.54, 1.807) is 18.7 Å². The Morgan fingerprint density at radius 2 is 2.13 bits per heavy atom. The van der Waals surface area contributed by atoms with E-state index in [4.69, 9.17) is 0 Å². The predicted octanol–water partition coefficient (Wildman–Crippen LogP) is 1.15. The average Bonchev–Trinajstić information content (AvgIpc) is 2.59. The van der Waals surface area contributed by atoms with E-state index in [0.29, 0.717) is 11.3 Å². The van der Waals surface area contributed by atoms with Crippen LogP contribution in [0.2, 0.25) is 0 Å². The molecule has 0 fully saturated rings. The van der Waals surface area contributed by atoms with E-state index in [1.165, 1.54) is 0 Å². The first-order valence-electron chi connectivity index (χ1n) is 4.72. The predicted molar refractivity (Wildman–Crippen MR) is 59.5 cm³/mol. The molecule has 80 valence electrons. The van der Waals surface area contributed by atoms with E-state index in [9.17, 15) is 4.79 Å². The van der Waals surface area contributed by atoms with Crippen LogP contribution in [0.15, 0.2) is 9.95 Å². The van der Waals surface area contributed by atoms with Crippen molar-refractivity contribution < 1.29 is 0 Å². The fourth-order valence-corrected chi connectivity index (χ4v) is 2.11. The number of rotatable bonds is 2. The summed E-state index contributed by atoms with van der Waals surface area (Å²) in [6, 6.07) is 0. The fourth-order valence-electron chi connectivity index (χ4n) is 1.40. The molecular formula is C9H12N4OS. The second-order valence-electron chi connectivity index (χ2n) is 3.24. The average molecular weight is 224 g/mol. The summed E-state index contributed by atoms with van der Waals surface area (Å²) in [5.41, 5.74) is 1.51. The molecule has 2 aromatic heterocycles. The first-order chi connectivity index (χ1) is 7.15. The van der Waals surface area contributed by atoms with Gasteiger partial charge in [0.1, 0.15) is 0 Å². The number of nitrogens with zero attached hydrogens (tertiary/aromatic N) is 3. The normalized spacial score (nSPS) is 11.1. The van der Waals surface area contributed by atoms with E-state index in [0.717, 1.165) is 16.6 Å². The summed E-state index contributed by atoms with van der Waals surface area (Å²) in [5.74, 6) is 1.44. The summed E-state index contributed by atoms with van der Waals surface area (Å²) < 4.78 is 1.88. The second kappa shape index (κ2) is 3.69.